The molecule has 41 heavy (non-hydrogen) atoms. The number of carbonyl (C=O) groups is 6. The fraction of sp³-hybridized carbons (Fsp3) is 0.548. The van der Waals surface area contributed by atoms with Gasteiger partial charge in [-0.25, -0.2) is 4.79 Å². The Labute approximate surface area is 238 Å². The lowest BCUT2D eigenvalue weighted by Gasteiger charge is -2.65. The van der Waals surface area contributed by atoms with Gasteiger partial charge in [0.15, 0.2) is 29.4 Å². The maximum Gasteiger partial charge on any atom is 0.338 e. The van der Waals surface area contributed by atoms with Crippen molar-refractivity contribution in [3.63, 3.8) is 0 Å². The topological polar surface area (TPSA) is 150 Å². The SMILES string of the molecule is C=C[C@@]1(C)CC(=O)[C@H]2[C@](O)(C1=O)[C@H](OC(C)=O)C[C@H]1C(C)(C)C(=O)[C@H](OC(C)=O)[C@H](OC(=O)c3ccccc3)[C@@]12C. The number of ketones is 3. The Bertz CT molecular complexity index is 1330. The van der Waals surface area contributed by atoms with E-state index in [1.54, 1.807) is 39.0 Å². The molecule has 0 aliphatic heterocycles. The van der Waals surface area contributed by atoms with Gasteiger partial charge in [-0.15, -0.1) is 6.58 Å². The van der Waals surface area contributed by atoms with Gasteiger partial charge in [0, 0.05) is 31.1 Å². The molecule has 3 aliphatic carbocycles. The lowest BCUT2D eigenvalue weighted by Crippen LogP contribution is -2.79. The first-order valence-electron chi connectivity index (χ1n) is 13.5. The van der Waals surface area contributed by atoms with Crippen molar-refractivity contribution in [3.8, 4) is 0 Å². The van der Waals surface area contributed by atoms with Crippen LogP contribution in [0.15, 0.2) is 43.0 Å². The minimum atomic E-state index is -2.55. The molecule has 4 rings (SSSR count). The van der Waals surface area contributed by atoms with E-state index in [2.05, 4.69) is 6.58 Å². The second-order valence-corrected chi connectivity index (χ2v) is 12.4. The molecule has 1 aromatic carbocycles. The van der Waals surface area contributed by atoms with Gasteiger partial charge in [-0.05, 0) is 31.4 Å². The third kappa shape index (κ3) is 4.43. The predicted molar refractivity (Wildman–Crippen MR) is 143 cm³/mol. The van der Waals surface area contributed by atoms with Gasteiger partial charge in [0.2, 0.25) is 0 Å². The highest BCUT2D eigenvalue weighted by atomic mass is 16.6. The molecular weight excluding hydrogens is 532 g/mol. The van der Waals surface area contributed by atoms with Crippen LogP contribution in [0.25, 0.3) is 0 Å². The van der Waals surface area contributed by atoms with Crippen molar-refractivity contribution < 1.29 is 48.1 Å². The van der Waals surface area contributed by atoms with E-state index in [1.165, 1.54) is 25.1 Å². The highest BCUT2D eigenvalue weighted by molar-refractivity contribution is 6.07. The van der Waals surface area contributed by atoms with E-state index in [4.69, 9.17) is 14.2 Å². The van der Waals surface area contributed by atoms with Crippen LogP contribution in [0, 0.1) is 28.1 Å². The number of rotatable bonds is 5. The fourth-order valence-corrected chi connectivity index (χ4v) is 7.56. The Morgan fingerprint density at radius 2 is 1.54 bits per heavy atom. The van der Waals surface area contributed by atoms with Crippen molar-refractivity contribution in [2.24, 2.45) is 28.1 Å². The van der Waals surface area contributed by atoms with Crippen LogP contribution in [-0.4, -0.2) is 64.3 Å². The first-order chi connectivity index (χ1) is 19.0. The smallest absolute Gasteiger partial charge is 0.338 e. The zero-order chi connectivity index (χ0) is 30.7. The molecule has 10 heteroatoms. The Hall–Kier alpha value is -3.66. The van der Waals surface area contributed by atoms with E-state index in [0.717, 1.165) is 13.8 Å². The summed E-state index contributed by atoms with van der Waals surface area (Å²) < 4.78 is 17.0. The van der Waals surface area contributed by atoms with Crippen LogP contribution in [0.4, 0.5) is 0 Å². The van der Waals surface area contributed by atoms with Crippen LogP contribution in [0.1, 0.15) is 64.7 Å². The van der Waals surface area contributed by atoms with Gasteiger partial charge in [0.05, 0.1) is 16.9 Å². The molecule has 0 saturated heterocycles. The number of aliphatic hydroxyl groups is 1. The van der Waals surface area contributed by atoms with Gasteiger partial charge in [0.25, 0.3) is 0 Å². The van der Waals surface area contributed by atoms with Gasteiger partial charge >= 0.3 is 17.9 Å². The number of hydrogen-bond donors (Lipinski definition) is 1. The number of Topliss-reactive ketones (excluding diaryl/α,β-unsaturated/α-hetero) is 3. The van der Waals surface area contributed by atoms with Crippen LogP contribution in [0.3, 0.4) is 0 Å². The van der Waals surface area contributed by atoms with Gasteiger partial charge in [0.1, 0.15) is 11.9 Å². The van der Waals surface area contributed by atoms with Crippen LogP contribution < -0.4 is 0 Å². The Kier molecular flexibility index (Phi) is 7.40. The normalized spacial score (nSPS) is 37.7. The quantitative estimate of drug-likeness (QED) is 0.319. The van der Waals surface area contributed by atoms with E-state index in [9.17, 15) is 33.9 Å². The van der Waals surface area contributed by atoms with Crippen molar-refractivity contribution in [2.45, 2.75) is 78.3 Å². The molecule has 0 unspecified atom stereocenters. The molecule has 3 fully saturated rings. The molecule has 0 heterocycles. The monoisotopic (exact) mass is 568 g/mol. The van der Waals surface area contributed by atoms with Crippen LogP contribution in [-0.2, 0) is 38.2 Å². The van der Waals surface area contributed by atoms with Gasteiger partial charge in [-0.2, -0.15) is 0 Å². The summed E-state index contributed by atoms with van der Waals surface area (Å²) in [6.45, 7) is 12.1. The average molecular weight is 569 g/mol. The van der Waals surface area contributed by atoms with Crippen molar-refractivity contribution in [2.75, 3.05) is 0 Å². The molecule has 0 radical (unpaired) electrons. The van der Waals surface area contributed by atoms with E-state index in [1.807, 2.05) is 0 Å². The van der Waals surface area contributed by atoms with E-state index in [0.29, 0.717) is 0 Å². The highest BCUT2D eigenvalue weighted by Gasteiger charge is 2.78. The number of fused-ring (bicyclic) bond motifs is 3. The highest BCUT2D eigenvalue weighted by Crippen LogP contribution is 2.65. The summed E-state index contributed by atoms with van der Waals surface area (Å²) in [5, 5.41) is 12.4. The summed E-state index contributed by atoms with van der Waals surface area (Å²) in [5.74, 6) is -6.82. The van der Waals surface area contributed by atoms with E-state index >= 15 is 0 Å². The molecule has 8 atom stereocenters. The fourth-order valence-electron chi connectivity index (χ4n) is 7.56. The Balaban J connectivity index is 2.00. The number of ether oxygens (including phenoxy) is 3. The number of hydrogen-bond acceptors (Lipinski definition) is 10. The third-order valence-electron chi connectivity index (χ3n) is 9.45. The molecule has 220 valence electrons. The zero-order valence-electron chi connectivity index (χ0n) is 24.1. The molecule has 0 amide bonds. The first-order valence-corrected chi connectivity index (χ1v) is 13.5. The molecule has 0 aromatic heterocycles. The summed E-state index contributed by atoms with van der Waals surface area (Å²) in [4.78, 5) is 80.1. The van der Waals surface area contributed by atoms with Crippen molar-refractivity contribution in [1.82, 2.24) is 0 Å². The zero-order valence-corrected chi connectivity index (χ0v) is 24.1. The molecule has 1 N–H and O–H groups in total. The van der Waals surface area contributed by atoms with Crippen LogP contribution >= 0.6 is 0 Å². The predicted octanol–water partition coefficient (Wildman–Crippen LogP) is 2.79. The Morgan fingerprint density at radius 3 is 2.07 bits per heavy atom. The summed E-state index contributed by atoms with van der Waals surface area (Å²) in [6.07, 6.45) is -3.94. The maximum atomic E-state index is 14.1. The second-order valence-electron chi connectivity index (χ2n) is 12.4. The summed E-state index contributed by atoms with van der Waals surface area (Å²) in [5.41, 5.74) is -6.84. The van der Waals surface area contributed by atoms with Crippen LogP contribution in [0.5, 0.6) is 0 Å². The van der Waals surface area contributed by atoms with E-state index in [-0.39, 0.29) is 18.4 Å². The molecule has 10 nitrogen and oxygen atoms in total. The lowest BCUT2D eigenvalue weighted by molar-refractivity contribution is -0.263. The van der Waals surface area contributed by atoms with E-state index < -0.39 is 87.3 Å². The summed E-state index contributed by atoms with van der Waals surface area (Å²) >= 11 is 0. The molecule has 3 aliphatic rings. The van der Waals surface area contributed by atoms with Crippen molar-refractivity contribution in [1.29, 1.82) is 0 Å². The van der Waals surface area contributed by atoms with Crippen molar-refractivity contribution in [3.05, 3.63) is 48.6 Å². The number of esters is 3. The van der Waals surface area contributed by atoms with Crippen LogP contribution in [0.2, 0.25) is 0 Å². The largest absolute Gasteiger partial charge is 0.459 e. The van der Waals surface area contributed by atoms with Gasteiger partial charge in [-0.1, -0.05) is 45.0 Å². The number of allylic oxidation sites excluding steroid dienone is 1. The molecule has 0 spiro atoms. The summed E-state index contributed by atoms with van der Waals surface area (Å²) in [6, 6.07) is 7.92. The lowest BCUT2D eigenvalue weighted by atomic mass is 9.39. The average Bonchev–Trinajstić information content (AvgIpc) is 2.89. The third-order valence-corrected chi connectivity index (χ3v) is 9.45. The Morgan fingerprint density at radius 1 is 0.951 bits per heavy atom. The number of carbonyl (C=O) groups excluding carboxylic acids is 6. The second kappa shape index (κ2) is 10.0. The van der Waals surface area contributed by atoms with Gasteiger partial charge in [-0.3, -0.25) is 24.0 Å². The number of benzene rings is 1. The molecular formula is C31H36O10. The van der Waals surface area contributed by atoms with Crippen molar-refractivity contribution >= 4 is 35.3 Å². The molecule has 1 aromatic rings. The minimum Gasteiger partial charge on any atom is -0.459 e. The van der Waals surface area contributed by atoms with Gasteiger partial charge < -0.3 is 19.3 Å². The first kappa shape index (κ1) is 30.3. The maximum absolute atomic E-state index is 14.1. The molecule has 0 bridgehead atoms. The minimum absolute atomic E-state index is 0.139. The standard InChI is InChI=1S/C31H36O10/c1-8-29(6)15-19(34)23-30(7)20(14-21(39-16(2)32)31(23,38)27(29)37)28(4,5)24(35)22(40-17(3)33)25(30)41-26(36)18-12-10-9-11-13-18/h8-13,20-23,25,38H,1,14-15H2,2-7H3/t20-,21+,22-,23+,25-,29-,30-,31-/m0/s1. The molecule has 3 saturated carbocycles. The summed E-state index contributed by atoms with van der Waals surface area (Å²) in [7, 11) is 0.